The predicted octanol–water partition coefficient (Wildman–Crippen LogP) is 5.07. The van der Waals surface area contributed by atoms with E-state index in [4.69, 9.17) is 9.47 Å². The maximum Gasteiger partial charge on any atom is 0.416 e. The number of aliphatic carboxylic acids is 1. The molecule has 218 valence electrons. The molecule has 0 heterocycles. The minimum Gasteiger partial charge on any atom is -0.478 e. The van der Waals surface area contributed by atoms with Crippen LogP contribution < -0.4 is 5.32 Å². The number of nitriles is 1. The highest BCUT2D eigenvalue weighted by molar-refractivity contribution is 6.02. The fourth-order valence-corrected chi connectivity index (χ4v) is 3.40. The van der Waals surface area contributed by atoms with Gasteiger partial charge in [-0.2, -0.15) is 31.6 Å². The van der Waals surface area contributed by atoms with E-state index in [1.54, 1.807) is 6.07 Å². The van der Waals surface area contributed by atoms with E-state index in [-0.39, 0.29) is 11.3 Å². The summed E-state index contributed by atoms with van der Waals surface area (Å²) >= 11 is 0. The van der Waals surface area contributed by atoms with Gasteiger partial charge in [0, 0.05) is 0 Å². The van der Waals surface area contributed by atoms with Crippen molar-refractivity contribution in [3.8, 4) is 6.07 Å². The fourth-order valence-electron chi connectivity index (χ4n) is 3.40. The van der Waals surface area contributed by atoms with Crippen LogP contribution in [0.2, 0.25) is 0 Å². The Hall–Kier alpha value is -5.39. The van der Waals surface area contributed by atoms with E-state index in [9.17, 15) is 55.9 Å². The monoisotopic (exact) mass is 594 g/mol. The molecule has 0 aliphatic carbocycles. The van der Waals surface area contributed by atoms with E-state index in [0.29, 0.717) is 24.3 Å². The molecular weight excluding hydrogens is 578 g/mol. The predicted molar refractivity (Wildman–Crippen MR) is 129 cm³/mol. The number of carboxylic acids is 1. The highest BCUT2D eigenvalue weighted by Gasteiger charge is 2.42. The van der Waals surface area contributed by atoms with Crippen LogP contribution in [0, 0.1) is 11.3 Å². The average molecular weight is 594 g/mol. The second kappa shape index (κ2) is 12.4. The number of hydrogen-bond acceptors (Lipinski definition) is 7. The molecule has 2 N–H and O–H groups in total. The molecule has 15 heteroatoms. The Morgan fingerprint density at radius 3 is 1.67 bits per heavy atom. The number of benzene rings is 3. The number of ether oxygens (including phenoxy) is 2. The Labute approximate surface area is 231 Å². The first-order valence-corrected chi connectivity index (χ1v) is 11.4. The fraction of sp³-hybridized carbons (Fsp3) is 0.148. The van der Waals surface area contributed by atoms with Crippen LogP contribution in [0.4, 0.5) is 32.0 Å². The minimum atomic E-state index is -4.89. The Balaban J connectivity index is 2.00. The molecule has 0 unspecified atom stereocenters. The van der Waals surface area contributed by atoms with Gasteiger partial charge in [0.05, 0.1) is 33.5 Å². The Kier molecular flexibility index (Phi) is 9.21. The van der Waals surface area contributed by atoms with Crippen molar-refractivity contribution in [1.82, 2.24) is 0 Å². The van der Waals surface area contributed by atoms with Crippen molar-refractivity contribution in [3.05, 3.63) is 101 Å². The second-order valence-electron chi connectivity index (χ2n) is 8.29. The number of nitrogens with zero attached hydrogens (tertiary/aromatic N) is 1. The summed E-state index contributed by atoms with van der Waals surface area (Å²) in [6, 6.07) is 12.3. The quantitative estimate of drug-likeness (QED) is 0.272. The smallest absolute Gasteiger partial charge is 0.416 e. The van der Waals surface area contributed by atoms with Crippen molar-refractivity contribution in [2.45, 2.75) is 24.6 Å². The van der Waals surface area contributed by atoms with Crippen molar-refractivity contribution in [3.63, 3.8) is 0 Å². The first-order chi connectivity index (χ1) is 19.6. The lowest BCUT2D eigenvalue weighted by Crippen LogP contribution is -2.48. The van der Waals surface area contributed by atoms with Gasteiger partial charge < -0.3 is 19.9 Å². The van der Waals surface area contributed by atoms with Crippen LogP contribution in [-0.4, -0.2) is 41.1 Å². The minimum absolute atomic E-state index is 0.137. The SMILES string of the molecule is N#Cc1ccccc1NC(=O)[C@@H](OC(=O)c1cccc(C(F)(F)F)c1)[C@@H](OC(=O)c1cccc(C(F)(F)F)c1)C(=O)O. The lowest BCUT2D eigenvalue weighted by atomic mass is 10.1. The van der Waals surface area contributed by atoms with E-state index in [2.05, 4.69) is 5.32 Å². The largest absolute Gasteiger partial charge is 0.478 e. The van der Waals surface area contributed by atoms with Gasteiger partial charge in [-0.25, -0.2) is 14.4 Å². The highest BCUT2D eigenvalue weighted by atomic mass is 19.4. The number of rotatable bonds is 8. The third-order valence-corrected chi connectivity index (χ3v) is 5.40. The normalized spacial score (nSPS) is 12.8. The number of alkyl halides is 6. The molecule has 1 amide bonds. The summed E-state index contributed by atoms with van der Waals surface area (Å²) in [4.78, 5) is 50.6. The number of esters is 2. The van der Waals surface area contributed by atoms with Crippen LogP contribution in [-0.2, 0) is 31.4 Å². The summed E-state index contributed by atoms with van der Waals surface area (Å²) in [7, 11) is 0. The van der Waals surface area contributed by atoms with Gasteiger partial charge in [-0.05, 0) is 48.5 Å². The summed E-state index contributed by atoms with van der Waals surface area (Å²) in [5.41, 5.74) is -4.48. The third kappa shape index (κ3) is 7.62. The molecule has 0 saturated heterocycles. The van der Waals surface area contributed by atoms with Crippen LogP contribution >= 0.6 is 0 Å². The standard InChI is InChI=1S/C27H16F6N2O7/c28-26(29,30)17-8-3-6-14(11-17)24(39)41-20(22(36)35-19-10-2-1-5-16(19)13-34)21(23(37)38)42-25(40)15-7-4-9-18(12-15)27(31,32)33/h1-12,20-21H,(H,35,36)(H,37,38)/t20-,21+/m0/s1. The zero-order valence-electron chi connectivity index (χ0n) is 20.7. The number of carbonyl (C=O) groups is 4. The zero-order valence-corrected chi connectivity index (χ0v) is 20.7. The van der Waals surface area contributed by atoms with Gasteiger partial charge in [0.15, 0.2) is 0 Å². The lowest BCUT2D eigenvalue weighted by Gasteiger charge is -2.24. The van der Waals surface area contributed by atoms with Crippen LogP contribution in [0.5, 0.6) is 0 Å². The average Bonchev–Trinajstić information content (AvgIpc) is 2.94. The molecule has 0 radical (unpaired) electrons. The molecule has 0 saturated carbocycles. The molecule has 42 heavy (non-hydrogen) atoms. The lowest BCUT2D eigenvalue weighted by molar-refractivity contribution is -0.157. The van der Waals surface area contributed by atoms with Gasteiger partial charge in [-0.1, -0.05) is 24.3 Å². The molecule has 0 bridgehead atoms. The van der Waals surface area contributed by atoms with Crippen LogP contribution in [0.1, 0.15) is 37.4 Å². The topological polar surface area (TPSA) is 143 Å². The van der Waals surface area contributed by atoms with Crippen LogP contribution in [0.15, 0.2) is 72.8 Å². The molecule has 3 aromatic rings. The van der Waals surface area contributed by atoms with Crippen molar-refractivity contribution in [2.24, 2.45) is 0 Å². The van der Waals surface area contributed by atoms with Gasteiger partial charge in [0.2, 0.25) is 12.2 Å². The number of carboxylic acid groups (broad SMARTS) is 1. The maximum absolute atomic E-state index is 13.1. The third-order valence-electron chi connectivity index (χ3n) is 5.40. The number of halogens is 6. The van der Waals surface area contributed by atoms with E-state index in [1.807, 2.05) is 0 Å². The van der Waals surface area contributed by atoms with Gasteiger partial charge in [0.25, 0.3) is 5.91 Å². The van der Waals surface area contributed by atoms with Crippen LogP contribution in [0.25, 0.3) is 0 Å². The molecule has 0 aliphatic rings. The number of carbonyl (C=O) groups excluding carboxylic acids is 3. The van der Waals surface area contributed by atoms with Crippen molar-refractivity contribution in [1.29, 1.82) is 5.26 Å². The molecule has 0 spiro atoms. The van der Waals surface area contributed by atoms with Gasteiger partial charge in [0.1, 0.15) is 6.07 Å². The molecule has 0 fully saturated rings. The first-order valence-electron chi connectivity index (χ1n) is 11.4. The first kappa shape index (κ1) is 31.1. The summed E-state index contributed by atoms with van der Waals surface area (Å²) in [5, 5.41) is 21.1. The van der Waals surface area contributed by atoms with E-state index < -0.39 is 70.6 Å². The number of amides is 1. The van der Waals surface area contributed by atoms with Crippen LogP contribution in [0.3, 0.4) is 0 Å². The molecular formula is C27H16F6N2O7. The Morgan fingerprint density at radius 1 is 0.738 bits per heavy atom. The summed E-state index contributed by atoms with van der Waals surface area (Å²) < 4.78 is 88.3. The van der Waals surface area contributed by atoms with Crippen molar-refractivity contribution in [2.75, 3.05) is 5.32 Å². The number of para-hydroxylation sites is 1. The maximum atomic E-state index is 13.1. The summed E-state index contributed by atoms with van der Waals surface area (Å²) in [6.07, 6.45) is -15.1. The molecule has 3 rings (SSSR count). The number of nitrogens with one attached hydrogen (secondary N) is 1. The second-order valence-corrected chi connectivity index (χ2v) is 8.29. The van der Waals surface area contributed by atoms with Gasteiger partial charge in [-0.3, -0.25) is 4.79 Å². The molecule has 0 aromatic heterocycles. The molecule has 3 aromatic carbocycles. The van der Waals surface area contributed by atoms with Crippen molar-refractivity contribution >= 4 is 29.5 Å². The highest BCUT2D eigenvalue weighted by Crippen LogP contribution is 2.31. The van der Waals surface area contributed by atoms with Crippen molar-refractivity contribution < 1.29 is 60.1 Å². The summed E-state index contributed by atoms with van der Waals surface area (Å²) in [6.45, 7) is 0. The van der Waals surface area contributed by atoms with E-state index >= 15 is 0 Å². The Morgan fingerprint density at radius 2 is 1.21 bits per heavy atom. The molecule has 0 aliphatic heterocycles. The van der Waals surface area contributed by atoms with Gasteiger partial charge >= 0.3 is 30.3 Å². The molecule has 2 atom stereocenters. The summed E-state index contributed by atoms with van der Waals surface area (Å²) in [5.74, 6) is -6.92. The van der Waals surface area contributed by atoms with Gasteiger partial charge in [-0.15, -0.1) is 0 Å². The zero-order chi connectivity index (χ0) is 31.2. The Bertz CT molecular complexity index is 1560. The van der Waals surface area contributed by atoms with E-state index in [1.165, 1.54) is 24.3 Å². The number of hydrogen-bond donors (Lipinski definition) is 2. The van der Waals surface area contributed by atoms with E-state index in [0.717, 1.165) is 24.3 Å². The molecule has 9 nitrogen and oxygen atoms in total. The number of anilines is 1.